The van der Waals surface area contributed by atoms with Gasteiger partial charge in [-0.15, -0.1) is 0 Å². The van der Waals surface area contributed by atoms with E-state index in [2.05, 4.69) is 28.0 Å². The molecule has 2 aliphatic rings. The lowest BCUT2D eigenvalue weighted by Gasteiger charge is -2.36. The van der Waals surface area contributed by atoms with Crippen LogP contribution < -0.4 is 20.0 Å². The number of methoxy groups -OCH3 is 1. The Bertz CT molecular complexity index is 1190. The Morgan fingerprint density at radius 1 is 0.970 bits per heavy atom. The zero-order chi connectivity index (χ0) is 22.8. The average Bonchev–Trinajstić information content (AvgIpc) is 3.35. The van der Waals surface area contributed by atoms with Crippen molar-refractivity contribution in [2.24, 2.45) is 0 Å². The predicted octanol–water partition coefficient (Wildman–Crippen LogP) is 4.19. The van der Waals surface area contributed by atoms with Crippen LogP contribution in [0.15, 0.2) is 45.6 Å². The topological polar surface area (TPSA) is 55.2 Å². The van der Waals surface area contributed by atoms with Crippen LogP contribution in [0.3, 0.4) is 0 Å². The molecule has 174 valence electrons. The van der Waals surface area contributed by atoms with E-state index in [1.54, 1.807) is 7.11 Å². The third kappa shape index (κ3) is 4.32. The van der Waals surface area contributed by atoms with E-state index in [-0.39, 0.29) is 5.63 Å². The highest BCUT2D eigenvalue weighted by Crippen LogP contribution is 2.33. The molecular weight excluding hydrogens is 416 g/mol. The standard InChI is InChI=1S/C27H32N2O4/c1-19-24(12-11-21-20-7-5-8-22(20)27(30)33-26(19)21)32-18-6-13-28-14-16-29(17-15-28)23-9-3-4-10-25(23)31-2/h3-4,9-12H,5-8,13-18H2,1-2H3. The van der Waals surface area contributed by atoms with Crippen molar-refractivity contribution in [1.29, 1.82) is 0 Å². The first-order valence-electron chi connectivity index (χ1n) is 12.0. The molecule has 1 aromatic heterocycles. The van der Waals surface area contributed by atoms with Gasteiger partial charge in [0.05, 0.1) is 19.4 Å². The zero-order valence-electron chi connectivity index (χ0n) is 19.6. The number of anilines is 1. The first kappa shape index (κ1) is 21.8. The molecule has 0 unspecified atom stereocenters. The molecule has 6 nitrogen and oxygen atoms in total. The Labute approximate surface area is 194 Å². The SMILES string of the molecule is COc1ccccc1N1CCN(CCCOc2ccc3c4c(c(=O)oc3c2C)CCC4)CC1. The van der Waals surface area contributed by atoms with Gasteiger partial charge in [-0.1, -0.05) is 12.1 Å². The Hall–Kier alpha value is -2.99. The maximum atomic E-state index is 12.4. The van der Waals surface area contributed by atoms with E-state index in [0.717, 1.165) is 86.4 Å². The molecule has 0 atom stereocenters. The largest absolute Gasteiger partial charge is 0.495 e. The van der Waals surface area contributed by atoms with Crippen molar-refractivity contribution in [2.45, 2.75) is 32.6 Å². The molecule has 33 heavy (non-hydrogen) atoms. The summed E-state index contributed by atoms with van der Waals surface area (Å²) in [5.74, 6) is 1.75. The van der Waals surface area contributed by atoms with E-state index in [4.69, 9.17) is 13.9 Å². The van der Waals surface area contributed by atoms with E-state index < -0.39 is 0 Å². The van der Waals surface area contributed by atoms with Gasteiger partial charge in [0.2, 0.25) is 0 Å². The normalized spacial score (nSPS) is 16.2. The van der Waals surface area contributed by atoms with Crippen LogP contribution in [0.2, 0.25) is 0 Å². The summed E-state index contributed by atoms with van der Waals surface area (Å²) < 4.78 is 17.3. The van der Waals surface area contributed by atoms with Gasteiger partial charge in [0, 0.05) is 49.2 Å². The van der Waals surface area contributed by atoms with Crippen LogP contribution in [-0.2, 0) is 12.8 Å². The molecule has 2 aromatic carbocycles. The van der Waals surface area contributed by atoms with Crippen LogP contribution in [0.1, 0.15) is 29.5 Å². The van der Waals surface area contributed by atoms with E-state index in [0.29, 0.717) is 12.2 Å². The summed E-state index contributed by atoms with van der Waals surface area (Å²) >= 11 is 0. The van der Waals surface area contributed by atoms with Crippen molar-refractivity contribution in [2.75, 3.05) is 51.3 Å². The number of aryl methyl sites for hydroxylation is 2. The highest BCUT2D eigenvalue weighted by Gasteiger charge is 2.22. The summed E-state index contributed by atoms with van der Waals surface area (Å²) in [7, 11) is 1.73. The van der Waals surface area contributed by atoms with Crippen molar-refractivity contribution in [1.82, 2.24) is 4.90 Å². The molecule has 0 amide bonds. The van der Waals surface area contributed by atoms with Crippen LogP contribution in [-0.4, -0.2) is 51.3 Å². The van der Waals surface area contributed by atoms with E-state index >= 15 is 0 Å². The maximum Gasteiger partial charge on any atom is 0.339 e. The number of nitrogens with zero attached hydrogens (tertiary/aromatic N) is 2. The highest BCUT2D eigenvalue weighted by atomic mass is 16.5. The van der Waals surface area contributed by atoms with Crippen LogP contribution >= 0.6 is 0 Å². The van der Waals surface area contributed by atoms with Crippen LogP contribution in [0.4, 0.5) is 5.69 Å². The van der Waals surface area contributed by atoms with Gasteiger partial charge < -0.3 is 18.8 Å². The third-order valence-electron chi connectivity index (χ3n) is 7.01. The van der Waals surface area contributed by atoms with Crippen molar-refractivity contribution < 1.29 is 13.9 Å². The quantitative estimate of drug-likeness (QED) is 0.399. The number of piperazine rings is 1. The molecule has 1 fully saturated rings. The van der Waals surface area contributed by atoms with E-state index in [1.807, 2.05) is 25.1 Å². The molecular formula is C27H32N2O4. The van der Waals surface area contributed by atoms with Crippen LogP contribution in [0, 0.1) is 6.92 Å². The lowest BCUT2D eigenvalue weighted by Crippen LogP contribution is -2.46. The average molecular weight is 449 g/mol. The summed E-state index contributed by atoms with van der Waals surface area (Å²) in [4.78, 5) is 17.2. The smallest absolute Gasteiger partial charge is 0.339 e. The minimum absolute atomic E-state index is 0.178. The number of rotatable bonds is 7. The fourth-order valence-corrected chi connectivity index (χ4v) is 5.19. The molecule has 1 aliphatic heterocycles. The number of benzene rings is 2. The van der Waals surface area contributed by atoms with Gasteiger partial charge in [-0.05, 0) is 62.4 Å². The number of ether oxygens (including phenoxy) is 2. The van der Waals surface area contributed by atoms with Crippen molar-refractivity contribution in [3.63, 3.8) is 0 Å². The van der Waals surface area contributed by atoms with Gasteiger partial charge in [0.15, 0.2) is 0 Å². The van der Waals surface area contributed by atoms with Crippen molar-refractivity contribution >= 4 is 16.7 Å². The number of hydrogen-bond acceptors (Lipinski definition) is 6. The van der Waals surface area contributed by atoms with Gasteiger partial charge >= 0.3 is 5.63 Å². The third-order valence-corrected chi connectivity index (χ3v) is 7.01. The van der Waals surface area contributed by atoms with E-state index in [1.165, 1.54) is 11.3 Å². The summed E-state index contributed by atoms with van der Waals surface area (Å²) in [6.45, 7) is 7.69. The molecule has 0 spiro atoms. The second kappa shape index (κ2) is 9.48. The van der Waals surface area contributed by atoms with E-state index in [9.17, 15) is 4.79 Å². The highest BCUT2D eigenvalue weighted by molar-refractivity contribution is 5.86. The first-order valence-corrected chi connectivity index (χ1v) is 12.0. The fourth-order valence-electron chi connectivity index (χ4n) is 5.19. The lowest BCUT2D eigenvalue weighted by molar-refractivity contribution is 0.224. The monoisotopic (exact) mass is 448 g/mol. The second-order valence-corrected chi connectivity index (χ2v) is 8.97. The zero-order valence-corrected chi connectivity index (χ0v) is 19.6. The Kier molecular flexibility index (Phi) is 6.27. The minimum Gasteiger partial charge on any atom is -0.495 e. The van der Waals surface area contributed by atoms with Crippen LogP contribution in [0.5, 0.6) is 11.5 Å². The maximum absolute atomic E-state index is 12.4. The van der Waals surface area contributed by atoms with Crippen LogP contribution in [0.25, 0.3) is 11.0 Å². The molecule has 2 heterocycles. The summed E-state index contributed by atoms with van der Waals surface area (Å²) in [6, 6.07) is 12.3. The molecule has 1 saturated heterocycles. The summed E-state index contributed by atoms with van der Waals surface area (Å²) in [5, 5.41) is 1.07. The lowest BCUT2D eigenvalue weighted by atomic mass is 10.0. The Balaban J connectivity index is 1.14. The molecule has 5 rings (SSSR count). The number of fused-ring (bicyclic) bond motifs is 3. The molecule has 0 bridgehead atoms. The van der Waals surface area contributed by atoms with Gasteiger partial charge in [-0.2, -0.15) is 0 Å². The summed E-state index contributed by atoms with van der Waals surface area (Å²) in [5.41, 5.74) is 4.63. The second-order valence-electron chi connectivity index (χ2n) is 8.97. The predicted molar refractivity (Wildman–Crippen MR) is 131 cm³/mol. The fraction of sp³-hybridized carbons (Fsp3) is 0.444. The Morgan fingerprint density at radius 2 is 1.76 bits per heavy atom. The number of para-hydroxylation sites is 2. The Morgan fingerprint density at radius 3 is 2.58 bits per heavy atom. The van der Waals surface area contributed by atoms with Gasteiger partial charge in [0.25, 0.3) is 0 Å². The number of hydrogen-bond donors (Lipinski definition) is 0. The van der Waals surface area contributed by atoms with Crippen molar-refractivity contribution in [3.8, 4) is 11.5 Å². The first-order chi connectivity index (χ1) is 16.2. The van der Waals surface area contributed by atoms with Gasteiger partial charge in [-0.25, -0.2) is 4.79 Å². The molecule has 3 aromatic rings. The molecule has 6 heteroatoms. The molecule has 0 N–H and O–H groups in total. The molecule has 0 saturated carbocycles. The minimum atomic E-state index is -0.178. The molecule has 1 aliphatic carbocycles. The summed E-state index contributed by atoms with van der Waals surface area (Å²) in [6.07, 6.45) is 3.78. The van der Waals surface area contributed by atoms with Crippen molar-refractivity contribution in [3.05, 3.63) is 63.5 Å². The molecule has 0 radical (unpaired) electrons. The van der Waals surface area contributed by atoms with Gasteiger partial charge in [0.1, 0.15) is 17.1 Å². The van der Waals surface area contributed by atoms with Gasteiger partial charge in [-0.3, -0.25) is 4.90 Å².